The quantitative estimate of drug-likeness (QED) is 0.244. The van der Waals surface area contributed by atoms with Gasteiger partial charge in [-0.2, -0.15) is 0 Å². The van der Waals surface area contributed by atoms with E-state index in [1.54, 1.807) is 55.6 Å². The Kier molecular flexibility index (Phi) is 11.3. The topological polar surface area (TPSA) is 96.0 Å². The third-order valence-corrected chi connectivity index (χ3v) is 10.2. The monoisotopic (exact) mass is 645 g/mol. The Morgan fingerprint density at radius 2 is 1.67 bits per heavy atom. The molecule has 1 saturated carbocycles. The number of rotatable bonds is 12. The molecule has 43 heavy (non-hydrogen) atoms. The number of ether oxygens (including phenoxy) is 1. The maximum Gasteiger partial charge on any atom is 0.264 e. The van der Waals surface area contributed by atoms with E-state index in [1.807, 2.05) is 13.0 Å². The summed E-state index contributed by atoms with van der Waals surface area (Å²) in [5, 5.41) is 3.29. The molecule has 1 atom stereocenters. The molecule has 11 heteroatoms. The van der Waals surface area contributed by atoms with Crippen LogP contribution in [0.5, 0.6) is 5.75 Å². The van der Waals surface area contributed by atoms with Gasteiger partial charge in [0, 0.05) is 12.6 Å². The number of nitrogens with zero attached hydrogens (tertiary/aromatic N) is 2. The Morgan fingerprint density at radius 3 is 2.35 bits per heavy atom. The Bertz CT molecular complexity index is 1510. The summed E-state index contributed by atoms with van der Waals surface area (Å²) in [5.74, 6) is -0.225. The van der Waals surface area contributed by atoms with Crippen LogP contribution in [0.25, 0.3) is 0 Å². The van der Waals surface area contributed by atoms with Gasteiger partial charge >= 0.3 is 0 Å². The highest BCUT2D eigenvalue weighted by atomic mass is 35.5. The summed E-state index contributed by atoms with van der Waals surface area (Å²) in [4.78, 5) is 29.4. The predicted octanol–water partition coefficient (Wildman–Crippen LogP) is 6.45. The normalized spacial score (nSPS) is 14.5. The van der Waals surface area contributed by atoms with Gasteiger partial charge in [-0.15, -0.1) is 0 Å². The Labute approximate surface area is 264 Å². The first-order valence-electron chi connectivity index (χ1n) is 14.4. The van der Waals surface area contributed by atoms with Gasteiger partial charge in [-0.05, 0) is 61.2 Å². The number of nitrogens with one attached hydrogen (secondary N) is 1. The van der Waals surface area contributed by atoms with Gasteiger partial charge in [0.1, 0.15) is 18.3 Å². The lowest BCUT2D eigenvalue weighted by molar-refractivity contribution is -0.140. The SMILES string of the molecule is CC[C@H](C(=O)NC1CCCCC1)N(Cc1cccc(OC)c1)C(=O)CN(c1cccc(Cl)c1Cl)S(=O)(=O)c1ccccc1. The number of amides is 2. The summed E-state index contributed by atoms with van der Waals surface area (Å²) in [6, 6.07) is 18.8. The highest BCUT2D eigenvalue weighted by Gasteiger charge is 2.35. The summed E-state index contributed by atoms with van der Waals surface area (Å²) in [5.41, 5.74) is 0.794. The lowest BCUT2D eigenvalue weighted by Gasteiger charge is -2.34. The van der Waals surface area contributed by atoms with Crippen molar-refractivity contribution >= 4 is 50.7 Å². The third kappa shape index (κ3) is 8.02. The number of hydrogen-bond donors (Lipinski definition) is 1. The van der Waals surface area contributed by atoms with Crippen molar-refractivity contribution in [2.24, 2.45) is 0 Å². The van der Waals surface area contributed by atoms with Gasteiger partial charge < -0.3 is 15.0 Å². The van der Waals surface area contributed by atoms with Crippen LogP contribution in [0.2, 0.25) is 10.0 Å². The first-order chi connectivity index (χ1) is 20.6. The second kappa shape index (κ2) is 14.9. The van der Waals surface area contributed by atoms with Crippen molar-refractivity contribution in [3.8, 4) is 5.75 Å². The van der Waals surface area contributed by atoms with Crippen LogP contribution in [0.4, 0.5) is 5.69 Å². The molecule has 3 aromatic carbocycles. The first-order valence-corrected chi connectivity index (χ1v) is 16.6. The van der Waals surface area contributed by atoms with Crippen molar-refractivity contribution in [1.29, 1.82) is 0 Å². The van der Waals surface area contributed by atoms with Crippen LogP contribution >= 0.6 is 23.2 Å². The lowest BCUT2D eigenvalue weighted by Crippen LogP contribution is -2.54. The van der Waals surface area contributed by atoms with Crippen LogP contribution in [-0.4, -0.2) is 50.9 Å². The number of anilines is 1. The zero-order chi connectivity index (χ0) is 31.0. The van der Waals surface area contributed by atoms with Gasteiger partial charge in [0.2, 0.25) is 11.8 Å². The maximum atomic E-state index is 14.3. The summed E-state index contributed by atoms with van der Waals surface area (Å²) in [6.07, 6.45) is 5.34. The molecule has 0 spiro atoms. The van der Waals surface area contributed by atoms with E-state index >= 15 is 0 Å². The number of carbonyl (C=O) groups is 2. The molecule has 2 amide bonds. The maximum absolute atomic E-state index is 14.3. The molecule has 1 aliphatic rings. The van der Waals surface area contributed by atoms with Crippen molar-refractivity contribution < 1.29 is 22.7 Å². The Hall–Kier alpha value is -3.27. The number of sulfonamides is 1. The zero-order valence-electron chi connectivity index (χ0n) is 24.3. The van der Waals surface area contributed by atoms with Crippen LogP contribution < -0.4 is 14.4 Å². The van der Waals surface area contributed by atoms with Crippen LogP contribution in [0.15, 0.2) is 77.7 Å². The first kappa shape index (κ1) is 32.6. The average molecular weight is 647 g/mol. The van der Waals surface area contributed by atoms with Gasteiger partial charge in [0.05, 0.1) is 27.7 Å². The van der Waals surface area contributed by atoms with Crippen molar-refractivity contribution in [2.45, 2.75) is 69.0 Å². The van der Waals surface area contributed by atoms with Crippen LogP contribution in [0.3, 0.4) is 0 Å². The molecule has 4 rings (SSSR count). The molecule has 0 radical (unpaired) electrons. The molecule has 1 N–H and O–H groups in total. The number of methoxy groups -OCH3 is 1. The largest absolute Gasteiger partial charge is 0.497 e. The molecule has 0 heterocycles. The molecule has 1 fully saturated rings. The van der Waals surface area contributed by atoms with Crippen LogP contribution in [0, 0.1) is 0 Å². The number of carbonyl (C=O) groups excluding carboxylic acids is 2. The highest BCUT2D eigenvalue weighted by Crippen LogP contribution is 2.35. The lowest BCUT2D eigenvalue weighted by atomic mass is 9.95. The number of hydrogen-bond acceptors (Lipinski definition) is 5. The highest BCUT2D eigenvalue weighted by molar-refractivity contribution is 7.92. The van der Waals surface area contributed by atoms with Crippen LogP contribution in [-0.2, 0) is 26.2 Å². The van der Waals surface area contributed by atoms with Crippen LogP contribution in [0.1, 0.15) is 51.0 Å². The van der Waals surface area contributed by atoms with E-state index in [0.717, 1.165) is 42.0 Å². The minimum atomic E-state index is -4.26. The summed E-state index contributed by atoms with van der Waals surface area (Å²) in [7, 11) is -2.71. The van der Waals surface area contributed by atoms with Crippen molar-refractivity contribution in [1.82, 2.24) is 10.2 Å². The fourth-order valence-corrected chi connectivity index (χ4v) is 7.24. The van der Waals surface area contributed by atoms with Gasteiger partial charge in [-0.3, -0.25) is 13.9 Å². The average Bonchev–Trinajstić information content (AvgIpc) is 3.02. The Balaban J connectivity index is 1.74. The molecular formula is C32H37Cl2N3O5S. The molecule has 8 nitrogen and oxygen atoms in total. The van der Waals surface area contributed by atoms with E-state index < -0.39 is 28.5 Å². The van der Waals surface area contributed by atoms with Crippen molar-refractivity contribution in [3.05, 3.63) is 88.4 Å². The molecule has 3 aromatic rings. The predicted molar refractivity (Wildman–Crippen MR) is 170 cm³/mol. The van der Waals surface area contributed by atoms with E-state index in [0.29, 0.717) is 12.2 Å². The van der Waals surface area contributed by atoms with E-state index in [-0.39, 0.29) is 39.1 Å². The minimum Gasteiger partial charge on any atom is -0.497 e. The third-order valence-electron chi connectivity index (χ3n) is 7.63. The van der Waals surface area contributed by atoms with Gasteiger partial charge in [0.25, 0.3) is 10.0 Å². The number of halogens is 2. The summed E-state index contributed by atoms with van der Waals surface area (Å²) in [6.45, 7) is 1.30. The second-order valence-corrected chi connectivity index (χ2v) is 13.2. The van der Waals surface area contributed by atoms with E-state index in [9.17, 15) is 18.0 Å². The molecule has 0 saturated heterocycles. The van der Waals surface area contributed by atoms with E-state index in [2.05, 4.69) is 5.32 Å². The molecule has 0 unspecified atom stereocenters. The molecule has 0 aromatic heterocycles. The molecule has 0 bridgehead atoms. The molecule has 230 valence electrons. The summed E-state index contributed by atoms with van der Waals surface area (Å²) >= 11 is 12.8. The zero-order valence-corrected chi connectivity index (χ0v) is 26.7. The molecule has 1 aliphatic carbocycles. The van der Waals surface area contributed by atoms with Gasteiger partial charge in [0.15, 0.2) is 0 Å². The molecular weight excluding hydrogens is 609 g/mol. The van der Waals surface area contributed by atoms with Gasteiger partial charge in [-0.25, -0.2) is 8.42 Å². The second-order valence-electron chi connectivity index (χ2n) is 10.5. The van der Waals surface area contributed by atoms with E-state index in [4.69, 9.17) is 27.9 Å². The smallest absolute Gasteiger partial charge is 0.264 e. The van der Waals surface area contributed by atoms with Crippen molar-refractivity contribution in [2.75, 3.05) is 18.0 Å². The van der Waals surface area contributed by atoms with Gasteiger partial charge in [-0.1, -0.05) is 85.8 Å². The fourth-order valence-electron chi connectivity index (χ4n) is 5.35. The minimum absolute atomic E-state index is 0.00194. The van der Waals surface area contributed by atoms with Crippen molar-refractivity contribution in [3.63, 3.8) is 0 Å². The molecule has 0 aliphatic heterocycles. The standard InChI is InChI=1S/C32H37Cl2N3O5S/c1-3-28(32(39)35-24-13-6-4-7-14-24)36(21-23-12-10-15-25(20-23)42-2)30(38)22-37(29-19-11-18-27(33)31(29)34)43(40,41)26-16-8-5-9-17-26/h5,8-12,15-20,24,28H,3-4,6-7,13-14,21-22H2,1-2H3,(H,35,39)/t28-/m1/s1. The van der Waals surface area contributed by atoms with E-state index in [1.165, 1.54) is 23.1 Å². The fraction of sp³-hybridized carbons (Fsp3) is 0.375. The summed E-state index contributed by atoms with van der Waals surface area (Å²) < 4.78 is 34.3. The Morgan fingerprint density at radius 1 is 0.977 bits per heavy atom. The number of benzene rings is 3.